The van der Waals surface area contributed by atoms with Crippen LogP contribution in [0.5, 0.6) is 0 Å². The van der Waals surface area contributed by atoms with Crippen LogP contribution in [-0.2, 0) is 5.60 Å². The van der Waals surface area contributed by atoms with Gasteiger partial charge >= 0.3 is 6.18 Å². The highest BCUT2D eigenvalue weighted by atomic mass is 127. The Kier molecular flexibility index (Phi) is 3.10. The monoisotopic (exact) mass is 316 g/mol. The van der Waals surface area contributed by atoms with Crippen molar-refractivity contribution in [2.45, 2.75) is 18.7 Å². The first-order valence-electron chi connectivity index (χ1n) is 3.81. The maximum atomic E-state index is 12.4. The summed E-state index contributed by atoms with van der Waals surface area (Å²) in [6.07, 6.45) is -4.66. The predicted molar refractivity (Wildman–Crippen MR) is 54.8 cm³/mol. The molecule has 0 aliphatic rings. The third-order valence-electron chi connectivity index (χ3n) is 1.95. The van der Waals surface area contributed by atoms with Crippen molar-refractivity contribution in [3.05, 3.63) is 33.4 Å². The quantitative estimate of drug-likeness (QED) is 0.790. The Morgan fingerprint density at radius 2 is 1.71 bits per heavy atom. The molecule has 1 aromatic carbocycles. The predicted octanol–water partition coefficient (Wildman–Crippen LogP) is 3.06. The van der Waals surface area contributed by atoms with Crippen molar-refractivity contribution in [1.29, 1.82) is 0 Å². The van der Waals surface area contributed by atoms with Gasteiger partial charge in [-0.05, 0) is 35.6 Å². The molecule has 1 rings (SSSR count). The van der Waals surface area contributed by atoms with Crippen LogP contribution in [0.2, 0.25) is 0 Å². The molecule has 1 unspecified atom stereocenters. The number of aliphatic hydroxyl groups is 1. The molecule has 0 aromatic heterocycles. The Labute approximate surface area is 93.1 Å². The van der Waals surface area contributed by atoms with Crippen molar-refractivity contribution >= 4 is 22.6 Å². The Bertz CT molecular complexity index is 333. The molecule has 0 fully saturated rings. The smallest absolute Gasteiger partial charge is 0.376 e. The van der Waals surface area contributed by atoms with Crippen molar-refractivity contribution in [2.75, 3.05) is 0 Å². The molecule has 78 valence electrons. The van der Waals surface area contributed by atoms with Crippen LogP contribution < -0.4 is 0 Å². The van der Waals surface area contributed by atoms with Crippen molar-refractivity contribution < 1.29 is 18.3 Å². The van der Waals surface area contributed by atoms with Crippen LogP contribution in [0.3, 0.4) is 0 Å². The third-order valence-corrected chi connectivity index (χ3v) is 2.89. The number of benzene rings is 1. The maximum Gasteiger partial charge on any atom is 0.421 e. The van der Waals surface area contributed by atoms with Gasteiger partial charge in [-0.2, -0.15) is 13.2 Å². The standard InChI is InChI=1S/C9H8F3IO/c1-8(14,9(10,11)12)6-4-2-3-5-7(6)13/h2-5,14H,1H3. The summed E-state index contributed by atoms with van der Waals surface area (Å²) in [6, 6.07) is 5.89. The molecule has 5 heteroatoms. The largest absolute Gasteiger partial charge is 0.421 e. The summed E-state index contributed by atoms with van der Waals surface area (Å²) in [6.45, 7) is 0.754. The average molecular weight is 316 g/mol. The van der Waals surface area contributed by atoms with Gasteiger partial charge in [0.25, 0.3) is 0 Å². The number of hydrogen-bond donors (Lipinski definition) is 1. The van der Waals surface area contributed by atoms with Crippen molar-refractivity contribution in [3.63, 3.8) is 0 Å². The van der Waals surface area contributed by atoms with E-state index in [2.05, 4.69) is 0 Å². The second-order valence-electron chi connectivity index (χ2n) is 3.05. The summed E-state index contributed by atoms with van der Waals surface area (Å²) in [5.74, 6) is 0. The zero-order valence-electron chi connectivity index (χ0n) is 7.27. The Hall–Kier alpha value is -0.300. The molecular formula is C9H8F3IO. The molecule has 14 heavy (non-hydrogen) atoms. The Morgan fingerprint density at radius 1 is 1.21 bits per heavy atom. The summed E-state index contributed by atoms with van der Waals surface area (Å²) >= 11 is 1.77. The highest BCUT2D eigenvalue weighted by Crippen LogP contribution is 2.39. The molecule has 0 aliphatic carbocycles. The first-order chi connectivity index (χ1) is 6.27. The molecule has 0 aliphatic heterocycles. The first kappa shape index (κ1) is 11.8. The van der Waals surface area contributed by atoms with E-state index in [0.717, 1.165) is 6.92 Å². The lowest BCUT2D eigenvalue weighted by Gasteiger charge is -2.27. The molecule has 1 atom stereocenters. The van der Waals surface area contributed by atoms with E-state index in [1.807, 2.05) is 0 Å². The van der Waals surface area contributed by atoms with E-state index in [0.29, 0.717) is 3.57 Å². The lowest BCUT2D eigenvalue weighted by Crippen LogP contribution is -2.39. The molecule has 0 amide bonds. The molecule has 0 radical (unpaired) electrons. The van der Waals surface area contributed by atoms with E-state index in [9.17, 15) is 18.3 Å². The van der Waals surface area contributed by atoms with Crippen molar-refractivity contribution in [3.8, 4) is 0 Å². The Balaban J connectivity index is 3.23. The van der Waals surface area contributed by atoms with Crippen LogP contribution in [-0.4, -0.2) is 11.3 Å². The van der Waals surface area contributed by atoms with E-state index in [1.165, 1.54) is 18.2 Å². The van der Waals surface area contributed by atoms with E-state index in [4.69, 9.17) is 0 Å². The van der Waals surface area contributed by atoms with Gasteiger partial charge in [0, 0.05) is 9.13 Å². The van der Waals surface area contributed by atoms with Gasteiger partial charge in [-0.25, -0.2) is 0 Å². The van der Waals surface area contributed by atoms with Crippen LogP contribution in [0.4, 0.5) is 13.2 Å². The topological polar surface area (TPSA) is 20.2 Å². The second-order valence-corrected chi connectivity index (χ2v) is 4.21. The fraction of sp³-hybridized carbons (Fsp3) is 0.333. The number of halogens is 4. The molecular weight excluding hydrogens is 308 g/mol. The van der Waals surface area contributed by atoms with E-state index < -0.39 is 11.8 Å². The summed E-state index contributed by atoms with van der Waals surface area (Å²) in [7, 11) is 0. The lowest BCUT2D eigenvalue weighted by molar-refractivity contribution is -0.259. The maximum absolute atomic E-state index is 12.4. The van der Waals surface area contributed by atoms with E-state index >= 15 is 0 Å². The minimum atomic E-state index is -4.66. The number of alkyl halides is 3. The SMILES string of the molecule is CC(O)(c1ccccc1I)C(F)(F)F. The van der Waals surface area contributed by atoms with E-state index in [1.54, 1.807) is 28.7 Å². The fourth-order valence-electron chi connectivity index (χ4n) is 1.01. The van der Waals surface area contributed by atoms with Crippen LogP contribution in [0.15, 0.2) is 24.3 Å². The zero-order chi connectivity index (χ0) is 11.0. The van der Waals surface area contributed by atoms with Crippen LogP contribution in [0.25, 0.3) is 0 Å². The zero-order valence-corrected chi connectivity index (χ0v) is 9.43. The van der Waals surface area contributed by atoms with Crippen LogP contribution >= 0.6 is 22.6 Å². The van der Waals surface area contributed by atoms with Gasteiger partial charge < -0.3 is 5.11 Å². The van der Waals surface area contributed by atoms with Gasteiger partial charge in [-0.3, -0.25) is 0 Å². The van der Waals surface area contributed by atoms with Crippen LogP contribution in [0, 0.1) is 3.57 Å². The summed E-state index contributed by atoms with van der Waals surface area (Å²) in [5.41, 5.74) is -2.90. The molecule has 0 saturated carbocycles. The highest BCUT2D eigenvalue weighted by Gasteiger charge is 2.51. The van der Waals surface area contributed by atoms with Gasteiger partial charge in [-0.1, -0.05) is 18.2 Å². The van der Waals surface area contributed by atoms with Gasteiger partial charge in [0.15, 0.2) is 5.60 Å². The molecule has 1 aromatic rings. The van der Waals surface area contributed by atoms with Gasteiger partial charge in [-0.15, -0.1) is 0 Å². The molecule has 1 N–H and O–H groups in total. The third kappa shape index (κ3) is 2.03. The molecule has 0 spiro atoms. The lowest BCUT2D eigenvalue weighted by atomic mass is 9.96. The highest BCUT2D eigenvalue weighted by molar-refractivity contribution is 14.1. The Morgan fingerprint density at radius 3 is 2.14 bits per heavy atom. The minimum absolute atomic E-state index is 0.117. The van der Waals surface area contributed by atoms with E-state index in [-0.39, 0.29) is 5.56 Å². The molecule has 0 heterocycles. The van der Waals surface area contributed by atoms with Crippen molar-refractivity contribution in [2.24, 2.45) is 0 Å². The first-order valence-corrected chi connectivity index (χ1v) is 4.89. The van der Waals surface area contributed by atoms with Gasteiger partial charge in [0.2, 0.25) is 0 Å². The van der Waals surface area contributed by atoms with Gasteiger partial charge in [0.05, 0.1) is 0 Å². The molecule has 1 nitrogen and oxygen atoms in total. The van der Waals surface area contributed by atoms with Gasteiger partial charge in [0.1, 0.15) is 0 Å². The number of hydrogen-bond acceptors (Lipinski definition) is 1. The summed E-state index contributed by atoms with van der Waals surface area (Å²) in [4.78, 5) is 0. The average Bonchev–Trinajstić information content (AvgIpc) is 2.02. The normalized spacial score (nSPS) is 16.4. The second kappa shape index (κ2) is 3.69. The molecule has 0 saturated heterocycles. The summed E-state index contributed by atoms with van der Waals surface area (Å²) < 4.78 is 37.7. The minimum Gasteiger partial charge on any atom is -0.376 e. The number of rotatable bonds is 1. The van der Waals surface area contributed by atoms with Crippen LogP contribution in [0.1, 0.15) is 12.5 Å². The summed E-state index contributed by atoms with van der Waals surface area (Å²) in [5, 5.41) is 9.37. The fourth-order valence-corrected chi connectivity index (χ4v) is 1.92. The molecule has 0 bridgehead atoms. The van der Waals surface area contributed by atoms with Crippen molar-refractivity contribution in [1.82, 2.24) is 0 Å².